The van der Waals surface area contributed by atoms with E-state index in [0.717, 1.165) is 12.1 Å². The number of hydrogen-bond donors (Lipinski definition) is 1. The van der Waals surface area contributed by atoms with Crippen LogP contribution in [0.2, 0.25) is 5.02 Å². The summed E-state index contributed by atoms with van der Waals surface area (Å²) >= 11 is 5.64. The Bertz CT molecular complexity index is 921. The number of esters is 1. The van der Waals surface area contributed by atoms with Crippen molar-refractivity contribution in [3.05, 3.63) is 62.9 Å². The van der Waals surface area contributed by atoms with E-state index in [4.69, 9.17) is 21.1 Å². The largest absolute Gasteiger partial charge is 0.487 e. The lowest BCUT2D eigenvalue weighted by molar-refractivity contribution is -0.385. The number of benzene rings is 2. The molecule has 1 N–H and O–H groups in total. The van der Waals surface area contributed by atoms with Crippen molar-refractivity contribution in [1.82, 2.24) is 0 Å². The highest BCUT2D eigenvalue weighted by Crippen LogP contribution is 2.28. The molecule has 0 aliphatic rings. The summed E-state index contributed by atoms with van der Waals surface area (Å²) in [5.41, 5.74) is -0.668. The first-order chi connectivity index (χ1) is 13.2. The zero-order valence-electron chi connectivity index (χ0n) is 14.9. The molecule has 148 valence electrons. The number of ether oxygens (including phenoxy) is 2. The van der Waals surface area contributed by atoms with Crippen LogP contribution in [0.25, 0.3) is 0 Å². The van der Waals surface area contributed by atoms with E-state index in [1.807, 2.05) is 0 Å². The summed E-state index contributed by atoms with van der Waals surface area (Å²) in [6.45, 7) is 3.16. The molecule has 0 saturated heterocycles. The van der Waals surface area contributed by atoms with Gasteiger partial charge in [0.2, 0.25) is 0 Å². The standard InChI is InChI=1S/C18H16ClFN2O6/c1-3-27-16-7-4-11(8-15(16)22(25)26)18(24)28-10(2)17(23)21-14-6-5-12(19)9-13(14)20/h4-10H,3H2,1-2H3,(H,21,23). The fourth-order valence-corrected chi connectivity index (χ4v) is 2.33. The molecule has 0 aliphatic heterocycles. The van der Waals surface area contributed by atoms with Crippen LogP contribution in [0.15, 0.2) is 36.4 Å². The van der Waals surface area contributed by atoms with Crippen LogP contribution in [0.1, 0.15) is 24.2 Å². The number of hydrogen-bond acceptors (Lipinski definition) is 6. The smallest absolute Gasteiger partial charge is 0.339 e. The molecule has 0 fully saturated rings. The Hall–Kier alpha value is -3.20. The molecule has 0 aliphatic carbocycles. The number of anilines is 1. The Morgan fingerprint density at radius 1 is 1.29 bits per heavy atom. The van der Waals surface area contributed by atoms with Crippen LogP contribution in [-0.2, 0) is 9.53 Å². The molecule has 2 aromatic rings. The summed E-state index contributed by atoms with van der Waals surface area (Å²) in [6.07, 6.45) is -1.28. The van der Waals surface area contributed by atoms with Gasteiger partial charge in [0.1, 0.15) is 5.82 Å². The van der Waals surface area contributed by atoms with Crippen LogP contribution in [0, 0.1) is 15.9 Å². The van der Waals surface area contributed by atoms with Crippen molar-refractivity contribution in [3.8, 4) is 5.75 Å². The van der Waals surface area contributed by atoms with Crippen molar-refractivity contribution in [3.63, 3.8) is 0 Å². The van der Waals surface area contributed by atoms with Gasteiger partial charge < -0.3 is 14.8 Å². The predicted octanol–water partition coefficient (Wildman–Crippen LogP) is 3.97. The third-order valence-corrected chi connectivity index (χ3v) is 3.77. The number of carbonyl (C=O) groups is 2. The van der Waals surface area contributed by atoms with E-state index in [1.165, 1.54) is 31.2 Å². The monoisotopic (exact) mass is 410 g/mol. The third kappa shape index (κ3) is 5.17. The summed E-state index contributed by atoms with van der Waals surface area (Å²) < 4.78 is 23.9. The molecule has 8 nitrogen and oxygen atoms in total. The minimum Gasteiger partial charge on any atom is -0.487 e. The molecule has 1 atom stereocenters. The second kappa shape index (κ2) is 9.14. The molecular weight excluding hydrogens is 395 g/mol. The number of amides is 1. The molecule has 2 rings (SSSR count). The number of nitrogens with one attached hydrogen (secondary N) is 1. The molecule has 2 aromatic carbocycles. The Morgan fingerprint density at radius 2 is 2.00 bits per heavy atom. The number of nitrogens with zero attached hydrogens (tertiary/aromatic N) is 1. The van der Waals surface area contributed by atoms with Crippen LogP contribution in [0.5, 0.6) is 5.75 Å². The average Bonchev–Trinajstić information content (AvgIpc) is 2.64. The van der Waals surface area contributed by atoms with Crippen LogP contribution >= 0.6 is 11.6 Å². The molecule has 0 saturated carbocycles. The molecule has 28 heavy (non-hydrogen) atoms. The number of carbonyl (C=O) groups excluding carboxylic acids is 2. The second-order valence-electron chi connectivity index (χ2n) is 5.53. The van der Waals surface area contributed by atoms with Crippen molar-refractivity contribution in [2.24, 2.45) is 0 Å². The van der Waals surface area contributed by atoms with Crippen molar-refractivity contribution in [2.75, 3.05) is 11.9 Å². The summed E-state index contributed by atoms with van der Waals surface area (Å²) in [7, 11) is 0. The predicted molar refractivity (Wildman–Crippen MR) is 99.2 cm³/mol. The van der Waals surface area contributed by atoms with Crippen LogP contribution < -0.4 is 10.1 Å². The minimum atomic E-state index is -1.28. The van der Waals surface area contributed by atoms with Crippen molar-refractivity contribution in [2.45, 2.75) is 20.0 Å². The molecule has 0 heterocycles. The van der Waals surface area contributed by atoms with Gasteiger partial charge in [0, 0.05) is 11.1 Å². The van der Waals surface area contributed by atoms with Gasteiger partial charge in [-0.2, -0.15) is 0 Å². The highest BCUT2D eigenvalue weighted by atomic mass is 35.5. The summed E-state index contributed by atoms with van der Waals surface area (Å²) in [6, 6.07) is 7.22. The highest BCUT2D eigenvalue weighted by molar-refractivity contribution is 6.30. The van der Waals surface area contributed by atoms with E-state index >= 15 is 0 Å². The Labute approximate surface area is 164 Å². The first-order valence-electron chi connectivity index (χ1n) is 8.11. The molecule has 0 spiro atoms. The second-order valence-corrected chi connectivity index (χ2v) is 5.97. The average molecular weight is 411 g/mol. The molecule has 0 radical (unpaired) electrons. The first-order valence-corrected chi connectivity index (χ1v) is 8.48. The summed E-state index contributed by atoms with van der Waals surface area (Å²) in [5.74, 6) is -2.48. The third-order valence-electron chi connectivity index (χ3n) is 3.53. The Morgan fingerprint density at radius 3 is 2.61 bits per heavy atom. The van der Waals surface area contributed by atoms with Gasteiger partial charge in [-0.15, -0.1) is 0 Å². The molecule has 0 bridgehead atoms. The number of halogens is 2. The van der Waals surface area contributed by atoms with Gasteiger partial charge >= 0.3 is 11.7 Å². The summed E-state index contributed by atoms with van der Waals surface area (Å²) in [4.78, 5) is 34.8. The van der Waals surface area contributed by atoms with Gasteiger partial charge in [0.15, 0.2) is 11.9 Å². The normalized spacial score (nSPS) is 11.4. The van der Waals surface area contributed by atoms with E-state index < -0.39 is 34.4 Å². The fourth-order valence-electron chi connectivity index (χ4n) is 2.17. The van der Waals surface area contributed by atoms with E-state index in [2.05, 4.69) is 5.32 Å². The van der Waals surface area contributed by atoms with E-state index in [9.17, 15) is 24.1 Å². The number of nitro benzene ring substituents is 1. The van der Waals surface area contributed by atoms with Crippen LogP contribution in [-0.4, -0.2) is 29.5 Å². The highest BCUT2D eigenvalue weighted by Gasteiger charge is 2.23. The molecule has 10 heteroatoms. The topological polar surface area (TPSA) is 108 Å². The zero-order chi connectivity index (χ0) is 20.8. The van der Waals surface area contributed by atoms with E-state index in [1.54, 1.807) is 6.92 Å². The van der Waals surface area contributed by atoms with E-state index in [-0.39, 0.29) is 28.6 Å². The molecule has 1 amide bonds. The van der Waals surface area contributed by atoms with Crippen molar-refractivity contribution in [1.29, 1.82) is 0 Å². The lowest BCUT2D eigenvalue weighted by Gasteiger charge is -2.14. The van der Waals surface area contributed by atoms with Crippen LogP contribution in [0.3, 0.4) is 0 Å². The fraction of sp³-hybridized carbons (Fsp3) is 0.222. The van der Waals surface area contributed by atoms with Gasteiger partial charge in [-0.1, -0.05) is 11.6 Å². The Balaban J connectivity index is 2.09. The number of nitro groups is 1. The molecule has 0 aromatic heterocycles. The maximum atomic E-state index is 13.7. The SMILES string of the molecule is CCOc1ccc(C(=O)OC(C)C(=O)Nc2ccc(Cl)cc2F)cc1[N+](=O)[O-]. The lowest BCUT2D eigenvalue weighted by atomic mass is 10.2. The van der Waals surface area contributed by atoms with Gasteiger partial charge in [0.05, 0.1) is 22.8 Å². The summed E-state index contributed by atoms with van der Waals surface area (Å²) in [5, 5.41) is 13.6. The van der Waals surface area contributed by atoms with Gasteiger partial charge in [-0.3, -0.25) is 14.9 Å². The maximum Gasteiger partial charge on any atom is 0.339 e. The van der Waals surface area contributed by atoms with Crippen LogP contribution in [0.4, 0.5) is 15.8 Å². The number of rotatable bonds is 7. The van der Waals surface area contributed by atoms with Crippen molar-refractivity contribution < 1.29 is 28.4 Å². The quantitative estimate of drug-likeness (QED) is 0.420. The minimum absolute atomic E-state index is 0.00746. The van der Waals surface area contributed by atoms with Gasteiger partial charge in [-0.25, -0.2) is 9.18 Å². The lowest BCUT2D eigenvalue weighted by Crippen LogP contribution is -2.30. The van der Waals surface area contributed by atoms with Crippen molar-refractivity contribution >= 4 is 34.9 Å². The first kappa shape index (κ1) is 21.1. The van der Waals surface area contributed by atoms with Gasteiger partial charge in [0.25, 0.3) is 5.91 Å². The maximum absolute atomic E-state index is 13.7. The molecular formula is C18H16ClFN2O6. The Kier molecular flexibility index (Phi) is 6.89. The van der Waals surface area contributed by atoms with Gasteiger partial charge in [-0.05, 0) is 44.2 Å². The molecule has 1 unspecified atom stereocenters. The van der Waals surface area contributed by atoms with E-state index in [0.29, 0.717) is 0 Å². The zero-order valence-corrected chi connectivity index (χ0v) is 15.7.